The van der Waals surface area contributed by atoms with Crippen LogP contribution in [0.1, 0.15) is 11.1 Å². The first-order valence-corrected chi connectivity index (χ1v) is 7.06. The molecule has 0 unspecified atom stereocenters. The van der Waals surface area contributed by atoms with Crippen molar-refractivity contribution in [3.05, 3.63) is 29.3 Å². The number of aryl methyl sites for hydroxylation is 1. The second kappa shape index (κ2) is 6.28. The van der Waals surface area contributed by atoms with Crippen LogP contribution in [0.2, 0.25) is 0 Å². The lowest BCUT2D eigenvalue weighted by atomic mass is 10.1. The topological polar surface area (TPSA) is 49.7 Å². The van der Waals surface area contributed by atoms with Gasteiger partial charge in [0.25, 0.3) is 0 Å². The Bertz CT molecular complexity index is 368. The summed E-state index contributed by atoms with van der Waals surface area (Å²) in [5.74, 6) is 2.60. The summed E-state index contributed by atoms with van der Waals surface area (Å²) in [5.41, 5.74) is 2.63. The summed E-state index contributed by atoms with van der Waals surface area (Å²) in [6, 6.07) is 6.36. The Balaban J connectivity index is 1.76. The van der Waals surface area contributed by atoms with E-state index in [4.69, 9.17) is 9.84 Å². The minimum Gasteiger partial charge on any atom is -0.493 e. The number of thioether (sulfide) groups is 1. The van der Waals surface area contributed by atoms with Crippen LogP contribution in [0.3, 0.4) is 0 Å². The van der Waals surface area contributed by atoms with Gasteiger partial charge < -0.3 is 14.9 Å². The monoisotopic (exact) mass is 254 g/mol. The van der Waals surface area contributed by atoms with E-state index < -0.39 is 6.10 Å². The molecule has 94 valence electrons. The van der Waals surface area contributed by atoms with Crippen LogP contribution < -0.4 is 4.74 Å². The summed E-state index contributed by atoms with van der Waals surface area (Å²) in [5, 5.41) is 17.9. The van der Waals surface area contributed by atoms with Gasteiger partial charge in [0.2, 0.25) is 0 Å². The van der Waals surface area contributed by atoms with Gasteiger partial charge in [-0.15, -0.1) is 0 Å². The Kier molecular flexibility index (Phi) is 4.71. The lowest BCUT2D eigenvalue weighted by molar-refractivity contribution is 0.113. The van der Waals surface area contributed by atoms with E-state index >= 15 is 0 Å². The quantitative estimate of drug-likeness (QED) is 0.750. The van der Waals surface area contributed by atoms with Crippen molar-refractivity contribution < 1.29 is 14.9 Å². The highest BCUT2D eigenvalue weighted by molar-refractivity contribution is 7.99. The third-order valence-electron chi connectivity index (χ3n) is 2.81. The van der Waals surface area contributed by atoms with Crippen LogP contribution in [0.5, 0.6) is 5.75 Å². The van der Waals surface area contributed by atoms with Crippen LogP contribution in [0.4, 0.5) is 0 Å². The molecule has 1 aromatic carbocycles. The first-order chi connectivity index (χ1) is 8.29. The first-order valence-electron chi connectivity index (χ1n) is 5.91. The normalized spacial score (nSPS) is 15.4. The molecule has 1 aromatic rings. The molecule has 1 heterocycles. The molecule has 2 rings (SSSR count). The minimum absolute atomic E-state index is 0.150. The molecule has 3 nitrogen and oxygen atoms in total. The summed E-state index contributed by atoms with van der Waals surface area (Å²) in [4.78, 5) is 0. The Morgan fingerprint density at radius 2 is 2.29 bits per heavy atom. The van der Waals surface area contributed by atoms with E-state index in [-0.39, 0.29) is 6.61 Å². The largest absolute Gasteiger partial charge is 0.493 e. The highest BCUT2D eigenvalue weighted by Gasteiger charge is 2.11. The minimum atomic E-state index is -0.589. The van der Waals surface area contributed by atoms with Crippen molar-refractivity contribution in [2.75, 3.05) is 24.7 Å². The number of ether oxygens (including phenoxy) is 1. The summed E-state index contributed by atoms with van der Waals surface area (Å²) >= 11 is 1.67. The highest BCUT2D eigenvalue weighted by atomic mass is 32.2. The number of fused-ring (bicyclic) bond motifs is 1. The van der Waals surface area contributed by atoms with Crippen LogP contribution in [0.25, 0.3) is 0 Å². The van der Waals surface area contributed by atoms with Gasteiger partial charge in [0.1, 0.15) is 5.75 Å². The Morgan fingerprint density at radius 1 is 1.41 bits per heavy atom. The van der Waals surface area contributed by atoms with E-state index in [2.05, 4.69) is 12.1 Å². The van der Waals surface area contributed by atoms with Crippen molar-refractivity contribution in [1.82, 2.24) is 0 Å². The maximum atomic E-state index is 9.19. The zero-order valence-corrected chi connectivity index (χ0v) is 10.6. The van der Waals surface area contributed by atoms with E-state index in [0.29, 0.717) is 5.75 Å². The van der Waals surface area contributed by atoms with E-state index in [9.17, 15) is 5.11 Å². The predicted octanol–water partition coefficient (Wildman–Crippen LogP) is 1.25. The predicted molar refractivity (Wildman–Crippen MR) is 69.8 cm³/mol. The Morgan fingerprint density at radius 3 is 3.12 bits per heavy atom. The maximum absolute atomic E-state index is 9.19. The third-order valence-corrected chi connectivity index (χ3v) is 3.92. The van der Waals surface area contributed by atoms with Gasteiger partial charge in [-0.2, -0.15) is 11.8 Å². The molecule has 0 saturated carbocycles. The van der Waals surface area contributed by atoms with Gasteiger partial charge in [-0.1, -0.05) is 12.1 Å². The number of rotatable bonds is 6. The third kappa shape index (κ3) is 3.63. The van der Waals surface area contributed by atoms with Gasteiger partial charge in [0.15, 0.2) is 0 Å². The lowest BCUT2D eigenvalue weighted by Gasteiger charge is -2.07. The van der Waals surface area contributed by atoms with Crippen LogP contribution in [0, 0.1) is 0 Å². The molecule has 4 heteroatoms. The van der Waals surface area contributed by atoms with Gasteiger partial charge in [0.05, 0.1) is 19.3 Å². The second-order valence-electron chi connectivity index (χ2n) is 4.20. The van der Waals surface area contributed by atoms with Crippen molar-refractivity contribution in [3.8, 4) is 5.75 Å². The second-order valence-corrected chi connectivity index (χ2v) is 5.35. The summed E-state index contributed by atoms with van der Waals surface area (Å²) in [7, 11) is 0. The molecule has 0 fully saturated rings. The molecule has 1 aliphatic heterocycles. The molecule has 0 amide bonds. The fourth-order valence-electron chi connectivity index (χ4n) is 1.86. The van der Waals surface area contributed by atoms with E-state index in [1.54, 1.807) is 11.8 Å². The number of benzene rings is 1. The maximum Gasteiger partial charge on any atom is 0.122 e. The molecular weight excluding hydrogens is 236 g/mol. The molecule has 2 N–H and O–H groups in total. The van der Waals surface area contributed by atoms with E-state index in [0.717, 1.165) is 31.0 Å². The summed E-state index contributed by atoms with van der Waals surface area (Å²) < 4.78 is 5.46. The molecule has 0 spiro atoms. The number of aliphatic hydroxyl groups is 2. The van der Waals surface area contributed by atoms with Gasteiger partial charge in [-0.25, -0.2) is 0 Å². The van der Waals surface area contributed by atoms with Gasteiger partial charge >= 0.3 is 0 Å². The van der Waals surface area contributed by atoms with Gasteiger partial charge in [-0.3, -0.25) is 0 Å². The average Bonchev–Trinajstić information content (AvgIpc) is 2.81. The van der Waals surface area contributed by atoms with Crippen molar-refractivity contribution in [2.24, 2.45) is 0 Å². The molecule has 17 heavy (non-hydrogen) atoms. The summed E-state index contributed by atoms with van der Waals surface area (Å²) in [6.07, 6.45) is 1.42. The van der Waals surface area contributed by atoms with E-state index in [1.807, 2.05) is 6.07 Å². The Hall–Kier alpha value is -0.710. The van der Waals surface area contributed by atoms with Crippen molar-refractivity contribution in [2.45, 2.75) is 18.9 Å². The molecule has 1 aliphatic rings. The summed E-state index contributed by atoms with van der Waals surface area (Å²) in [6.45, 7) is 0.652. The number of aliphatic hydroxyl groups excluding tert-OH is 2. The smallest absolute Gasteiger partial charge is 0.122 e. The molecule has 0 aliphatic carbocycles. The van der Waals surface area contributed by atoms with Gasteiger partial charge in [0, 0.05) is 12.2 Å². The average molecular weight is 254 g/mol. The molecule has 0 bridgehead atoms. The standard InChI is InChI=1S/C13H18O3S/c14-8-12(15)9-17-6-4-10-1-2-13-11(7-10)3-5-16-13/h1-2,7,12,14-15H,3-6,8-9H2/t12-/m0/s1. The number of hydrogen-bond acceptors (Lipinski definition) is 4. The first kappa shape index (κ1) is 12.7. The highest BCUT2D eigenvalue weighted by Crippen LogP contribution is 2.26. The number of hydrogen-bond donors (Lipinski definition) is 2. The fourth-order valence-corrected chi connectivity index (χ4v) is 2.78. The zero-order chi connectivity index (χ0) is 12.1. The molecule has 0 saturated heterocycles. The van der Waals surface area contributed by atoms with E-state index in [1.165, 1.54) is 11.1 Å². The van der Waals surface area contributed by atoms with Crippen molar-refractivity contribution >= 4 is 11.8 Å². The van der Waals surface area contributed by atoms with Crippen LogP contribution >= 0.6 is 11.8 Å². The Labute approximate surface area is 106 Å². The van der Waals surface area contributed by atoms with Crippen LogP contribution in [-0.4, -0.2) is 41.0 Å². The van der Waals surface area contributed by atoms with Crippen LogP contribution in [0.15, 0.2) is 18.2 Å². The molecule has 0 radical (unpaired) electrons. The molecular formula is C13H18O3S. The zero-order valence-electron chi connectivity index (χ0n) is 9.76. The molecule has 0 aromatic heterocycles. The fraction of sp³-hybridized carbons (Fsp3) is 0.538. The van der Waals surface area contributed by atoms with Gasteiger partial charge in [-0.05, 0) is 29.4 Å². The molecule has 1 atom stereocenters. The van der Waals surface area contributed by atoms with Crippen molar-refractivity contribution in [3.63, 3.8) is 0 Å². The SMILES string of the molecule is OC[C@H](O)CSCCc1ccc2c(c1)CCO2. The van der Waals surface area contributed by atoms with Crippen molar-refractivity contribution in [1.29, 1.82) is 0 Å². The van der Waals surface area contributed by atoms with Crippen LogP contribution in [-0.2, 0) is 12.8 Å². The lowest BCUT2D eigenvalue weighted by Crippen LogP contribution is -2.15.